The zero-order chi connectivity index (χ0) is 19.1. The Morgan fingerprint density at radius 1 is 1.04 bits per heavy atom. The third-order valence-corrected chi connectivity index (χ3v) is 3.45. The van der Waals surface area contributed by atoms with Crippen LogP contribution in [0, 0.1) is 0 Å². The lowest BCUT2D eigenvalue weighted by molar-refractivity contribution is 0.0501. The van der Waals surface area contributed by atoms with Gasteiger partial charge in [-0.1, -0.05) is 25.5 Å². The molecule has 5 N–H and O–H groups in total. The summed E-state index contributed by atoms with van der Waals surface area (Å²) in [6.07, 6.45) is 1.64. The maximum atomic E-state index is 12.1. The maximum absolute atomic E-state index is 12.1. The second kappa shape index (κ2) is 8.61. The topological polar surface area (TPSA) is 128 Å². The highest BCUT2D eigenvalue weighted by Crippen LogP contribution is 2.37. The molecule has 0 aliphatic heterocycles. The Balaban J connectivity index is 2.08. The molecule has 2 aromatic carbocycles. The van der Waals surface area contributed by atoms with Crippen LogP contribution in [0.25, 0.3) is 0 Å². The van der Waals surface area contributed by atoms with Gasteiger partial charge in [-0.2, -0.15) is 0 Å². The number of hydrogen-bond donors (Lipinski definition) is 5. The zero-order valence-corrected chi connectivity index (χ0v) is 14.2. The molecule has 0 aliphatic rings. The van der Waals surface area contributed by atoms with Gasteiger partial charge >= 0.3 is 12.0 Å². The number of rotatable bonds is 6. The molecule has 2 amide bonds. The number of aromatic hydroxyl groups is 3. The van der Waals surface area contributed by atoms with Gasteiger partial charge < -0.3 is 30.7 Å². The smallest absolute Gasteiger partial charge is 0.340 e. The Labute approximate surface area is 150 Å². The third-order valence-electron chi connectivity index (χ3n) is 3.45. The molecule has 0 saturated carbocycles. The van der Waals surface area contributed by atoms with E-state index in [1.807, 2.05) is 6.92 Å². The highest BCUT2D eigenvalue weighted by Gasteiger charge is 2.15. The first-order chi connectivity index (χ1) is 12.4. The van der Waals surface area contributed by atoms with Crippen molar-refractivity contribution in [1.82, 2.24) is 0 Å². The number of phenolic OH excluding ortho intramolecular Hbond substituents is 3. The number of para-hydroxylation sites is 1. The van der Waals surface area contributed by atoms with Crippen LogP contribution in [-0.2, 0) is 4.74 Å². The fourth-order valence-electron chi connectivity index (χ4n) is 2.12. The van der Waals surface area contributed by atoms with Crippen molar-refractivity contribution in [2.24, 2.45) is 0 Å². The molecule has 0 bridgehead atoms. The van der Waals surface area contributed by atoms with E-state index in [0.717, 1.165) is 25.0 Å². The number of anilines is 2. The average Bonchev–Trinajstić information content (AvgIpc) is 2.60. The van der Waals surface area contributed by atoms with E-state index in [4.69, 9.17) is 4.74 Å². The minimum absolute atomic E-state index is 0.0540. The number of urea groups is 1. The van der Waals surface area contributed by atoms with E-state index in [1.54, 1.807) is 18.2 Å². The van der Waals surface area contributed by atoms with Crippen LogP contribution in [-0.4, -0.2) is 33.9 Å². The molecule has 8 heteroatoms. The number of nitrogens with one attached hydrogen (secondary N) is 2. The van der Waals surface area contributed by atoms with Crippen LogP contribution in [0.1, 0.15) is 30.1 Å². The molecule has 0 unspecified atom stereocenters. The molecule has 26 heavy (non-hydrogen) atoms. The minimum Gasteiger partial charge on any atom is -0.504 e. The molecular weight excluding hydrogens is 340 g/mol. The summed E-state index contributed by atoms with van der Waals surface area (Å²) >= 11 is 0. The van der Waals surface area contributed by atoms with Gasteiger partial charge in [-0.05, 0) is 18.6 Å². The number of unbranched alkanes of at least 4 members (excludes halogenated alkanes) is 1. The summed E-state index contributed by atoms with van der Waals surface area (Å²) < 4.78 is 5.15. The highest BCUT2D eigenvalue weighted by atomic mass is 16.5. The molecule has 0 heterocycles. The predicted molar refractivity (Wildman–Crippen MR) is 95.7 cm³/mol. The molecule has 0 atom stereocenters. The molecule has 0 fully saturated rings. The molecule has 0 saturated heterocycles. The van der Waals surface area contributed by atoms with Gasteiger partial charge in [0.2, 0.25) is 0 Å². The molecule has 0 spiro atoms. The van der Waals surface area contributed by atoms with Crippen molar-refractivity contribution < 1.29 is 29.6 Å². The zero-order valence-electron chi connectivity index (χ0n) is 14.2. The van der Waals surface area contributed by atoms with Crippen LogP contribution in [0.4, 0.5) is 16.2 Å². The molecule has 0 aliphatic carbocycles. The number of benzene rings is 2. The summed E-state index contributed by atoms with van der Waals surface area (Å²) in [6, 6.07) is 7.80. The molecule has 2 aromatic rings. The number of hydrogen-bond acceptors (Lipinski definition) is 6. The van der Waals surface area contributed by atoms with Crippen molar-refractivity contribution in [3.05, 3.63) is 42.0 Å². The number of esters is 1. The SMILES string of the molecule is CCCCOC(=O)c1ccccc1NC(=O)Nc1cc(O)c(O)c(O)c1. The van der Waals surface area contributed by atoms with E-state index in [1.165, 1.54) is 6.07 Å². The first kappa shape index (κ1) is 18.9. The minimum atomic E-state index is -0.705. The average molecular weight is 360 g/mol. The normalized spacial score (nSPS) is 10.2. The van der Waals surface area contributed by atoms with Crippen LogP contribution < -0.4 is 10.6 Å². The molecular formula is C18H20N2O6. The summed E-state index contributed by atoms with van der Waals surface area (Å²) in [5.74, 6) is -2.40. The Hall–Kier alpha value is -3.42. The van der Waals surface area contributed by atoms with E-state index in [-0.39, 0.29) is 16.9 Å². The lowest BCUT2D eigenvalue weighted by Gasteiger charge is -2.12. The van der Waals surface area contributed by atoms with Crippen molar-refractivity contribution in [1.29, 1.82) is 0 Å². The molecule has 0 radical (unpaired) electrons. The summed E-state index contributed by atoms with van der Waals surface area (Å²) in [7, 11) is 0. The standard InChI is InChI=1S/C18H20N2O6/c1-2-3-8-26-17(24)12-6-4-5-7-13(12)20-18(25)19-11-9-14(21)16(23)15(22)10-11/h4-7,9-10,21-23H,2-3,8H2,1H3,(H2,19,20,25). The fourth-order valence-corrected chi connectivity index (χ4v) is 2.12. The first-order valence-electron chi connectivity index (χ1n) is 8.01. The molecule has 8 nitrogen and oxygen atoms in total. The van der Waals surface area contributed by atoms with Gasteiger partial charge in [0.25, 0.3) is 0 Å². The number of ether oxygens (including phenoxy) is 1. The lowest BCUT2D eigenvalue weighted by atomic mass is 10.2. The van der Waals surface area contributed by atoms with Crippen molar-refractivity contribution in [2.75, 3.05) is 17.2 Å². The van der Waals surface area contributed by atoms with Gasteiger partial charge in [0.05, 0.1) is 23.5 Å². The van der Waals surface area contributed by atoms with E-state index in [2.05, 4.69) is 10.6 Å². The number of carbonyl (C=O) groups is 2. The van der Waals surface area contributed by atoms with Gasteiger partial charge in [0.15, 0.2) is 17.2 Å². The molecule has 0 aromatic heterocycles. The van der Waals surface area contributed by atoms with Crippen molar-refractivity contribution in [2.45, 2.75) is 19.8 Å². The van der Waals surface area contributed by atoms with Gasteiger partial charge in [-0.25, -0.2) is 9.59 Å². The Morgan fingerprint density at radius 2 is 1.69 bits per heavy atom. The summed E-state index contributed by atoms with van der Waals surface area (Å²) in [5, 5.41) is 33.1. The maximum Gasteiger partial charge on any atom is 0.340 e. The van der Waals surface area contributed by atoms with E-state index in [9.17, 15) is 24.9 Å². The van der Waals surface area contributed by atoms with Crippen LogP contribution >= 0.6 is 0 Å². The van der Waals surface area contributed by atoms with Crippen LogP contribution in [0.3, 0.4) is 0 Å². The number of amides is 2. The van der Waals surface area contributed by atoms with Crippen LogP contribution in [0.5, 0.6) is 17.2 Å². The second-order valence-corrected chi connectivity index (χ2v) is 5.48. The Kier molecular flexibility index (Phi) is 6.26. The largest absolute Gasteiger partial charge is 0.504 e. The Bertz CT molecular complexity index is 783. The van der Waals surface area contributed by atoms with Gasteiger partial charge in [0.1, 0.15) is 0 Å². The lowest BCUT2D eigenvalue weighted by Crippen LogP contribution is -2.21. The van der Waals surface area contributed by atoms with Gasteiger partial charge in [-0.15, -0.1) is 0 Å². The third kappa shape index (κ3) is 4.79. The second-order valence-electron chi connectivity index (χ2n) is 5.48. The van der Waals surface area contributed by atoms with Gasteiger partial charge in [-0.3, -0.25) is 0 Å². The molecule has 138 valence electrons. The van der Waals surface area contributed by atoms with E-state index < -0.39 is 29.2 Å². The first-order valence-corrected chi connectivity index (χ1v) is 8.01. The van der Waals surface area contributed by atoms with Crippen LogP contribution in [0.15, 0.2) is 36.4 Å². The van der Waals surface area contributed by atoms with Crippen LogP contribution in [0.2, 0.25) is 0 Å². The number of carbonyl (C=O) groups excluding carboxylic acids is 2. The quantitative estimate of drug-likeness (QED) is 0.232. The fraction of sp³-hybridized carbons (Fsp3) is 0.222. The van der Waals surface area contributed by atoms with E-state index in [0.29, 0.717) is 6.61 Å². The summed E-state index contributed by atoms with van der Waals surface area (Å²) in [4.78, 5) is 24.2. The predicted octanol–water partition coefficient (Wildman–Crippen LogP) is 3.40. The van der Waals surface area contributed by atoms with Gasteiger partial charge in [0, 0.05) is 12.1 Å². The molecule has 2 rings (SSSR count). The Morgan fingerprint density at radius 3 is 2.35 bits per heavy atom. The summed E-state index contributed by atoms with van der Waals surface area (Å²) in [6.45, 7) is 2.27. The van der Waals surface area contributed by atoms with Crippen molar-refractivity contribution in [3.63, 3.8) is 0 Å². The number of phenols is 3. The summed E-state index contributed by atoms with van der Waals surface area (Å²) in [5.41, 5.74) is 0.507. The van der Waals surface area contributed by atoms with E-state index >= 15 is 0 Å². The highest BCUT2D eigenvalue weighted by molar-refractivity contribution is 6.05. The van der Waals surface area contributed by atoms with Crippen molar-refractivity contribution in [3.8, 4) is 17.2 Å². The van der Waals surface area contributed by atoms with Crippen molar-refractivity contribution >= 4 is 23.4 Å². The monoisotopic (exact) mass is 360 g/mol.